The van der Waals surface area contributed by atoms with Crippen LogP contribution in [0.3, 0.4) is 0 Å². The number of benzene rings is 2. The number of hydrogen-bond acceptors (Lipinski definition) is 0. The monoisotopic (exact) mass is 360 g/mol. The van der Waals surface area contributed by atoms with Gasteiger partial charge in [0.05, 0.1) is 0 Å². The van der Waals surface area contributed by atoms with Gasteiger partial charge in [-0.05, 0) is 63.5 Å². The Morgan fingerprint density at radius 1 is 0.852 bits per heavy atom. The first kappa shape index (κ1) is 19.9. The number of hydrogen-bond donors (Lipinski definition) is 0. The Hall–Kier alpha value is -1.82. The molecule has 0 saturated carbocycles. The highest BCUT2D eigenvalue weighted by Gasteiger charge is 2.23. The predicted octanol–water partition coefficient (Wildman–Crippen LogP) is 8.08. The normalized spacial score (nSPS) is 14.3. The average molecular weight is 361 g/mol. The van der Waals surface area contributed by atoms with Crippen LogP contribution in [0.1, 0.15) is 90.0 Å². The molecule has 0 saturated heterocycles. The fraction of sp³-hybridized carbons (Fsp3) is 0.481. The van der Waals surface area contributed by atoms with Crippen molar-refractivity contribution in [2.24, 2.45) is 0 Å². The van der Waals surface area contributed by atoms with Gasteiger partial charge in [0.1, 0.15) is 0 Å². The van der Waals surface area contributed by atoms with Gasteiger partial charge in [0.25, 0.3) is 0 Å². The van der Waals surface area contributed by atoms with E-state index >= 15 is 0 Å². The minimum atomic E-state index is 0.151. The molecule has 0 bridgehead atoms. The molecule has 27 heavy (non-hydrogen) atoms. The highest BCUT2D eigenvalue weighted by Crippen LogP contribution is 2.39. The zero-order chi connectivity index (χ0) is 19.8. The lowest BCUT2D eigenvalue weighted by atomic mass is 9.78. The van der Waals surface area contributed by atoms with Crippen LogP contribution in [0, 0.1) is 0 Å². The standard InChI is InChI=1S/C27H36/c1-8-9-11-19-14-20-12-10-13-24(25(20)15-19)21-16-22(26(2,3)4)18-23(17-21)27(5,6)7/h10,12-14,16-18H,8-9,11,15H2,1-7H3. The zero-order valence-electron chi connectivity index (χ0n) is 18.4. The van der Waals surface area contributed by atoms with E-state index in [0.717, 1.165) is 6.42 Å². The van der Waals surface area contributed by atoms with E-state index in [9.17, 15) is 0 Å². The van der Waals surface area contributed by atoms with Crippen molar-refractivity contribution in [2.75, 3.05) is 0 Å². The Labute approximate surface area is 166 Å². The fourth-order valence-electron chi connectivity index (χ4n) is 3.92. The van der Waals surface area contributed by atoms with Crippen molar-refractivity contribution < 1.29 is 0 Å². The first-order valence-corrected chi connectivity index (χ1v) is 10.6. The molecule has 0 unspecified atom stereocenters. The van der Waals surface area contributed by atoms with Gasteiger partial charge in [-0.2, -0.15) is 0 Å². The second-order valence-electron chi connectivity index (χ2n) is 10.3. The third-order valence-electron chi connectivity index (χ3n) is 5.80. The molecule has 0 N–H and O–H groups in total. The van der Waals surface area contributed by atoms with Gasteiger partial charge in [0.15, 0.2) is 0 Å². The van der Waals surface area contributed by atoms with Crippen LogP contribution >= 0.6 is 0 Å². The van der Waals surface area contributed by atoms with Crippen LogP contribution in [0.15, 0.2) is 42.0 Å². The maximum Gasteiger partial charge on any atom is -0.00517 e. The van der Waals surface area contributed by atoms with E-state index in [-0.39, 0.29) is 10.8 Å². The molecular weight excluding hydrogens is 324 g/mol. The van der Waals surface area contributed by atoms with E-state index < -0.39 is 0 Å². The van der Waals surface area contributed by atoms with Crippen molar-refractivity contribution in [1.29, 1.82) is 0 Å². The molecule has 0 heteroatoms. The van der Waals surface area contributed by atoms with E-state index in [1.165, 1.54) is 52.6 Å². The van der Waals surface area contributed by atoms with Gasteiger partial charge >= 0.3 is 0 Å². The van der Waals surface area contributed by atoms with Crippen molar-refractivity contribution in [3.8, 4) is 11.1 Å². The molecule has 2 aromatic carbocycles. The largest absolute Gasteiger partial charge is 0.0654 e. The Morgan fingerprint density at radius 3 is 2.04 bits per heavy atom. The number of allylic oxidation sites excluding steroid dienone is 1. The van der Waals surface area contributed by atoms with E-state index in [0.29, 0.717) is 0 Å². The van der Waals surface area contributed by atoms with Crippen molar-refractivity contribution in [1.82, 2.24) is 0 Å². The average Bonchev–Trinajstić information content (AvgIpc) is 3.01. The molecule has 0 aliphatic heterocycles. The van der Waals surface area contributed by atoms with Crippen LogP contribution < -0.4 is 0 Å². The lowest BCUT2D eigenvalue weighted by molar-refractivity contribution is 0.569. The minimum Gasteiger partial charge on any atom is -0.0654 e. The number of unbranched alkanes of at least 4 members (excludes halogenated alkanes) is 1. The molecule has 3 rings (SSSR count). The lowest BCUT2D eigenvalue weighted by Crippen LogP contribution is -2.16. The summed E-state index contributed by atoms with van der Waals surface area (Å²) in [5.74, 6) is 0. The van der Waals surface area contributed by atoms with Gasteiger partial charge in [0, 0.05) is 0 Å². The number of rotatable bonds is 4. The van der Waals surface area contributed by atoms with Crippen molar-refractivity contribution in [3.63, 3.8) is 0 Å². The van der Waals surface area contributed by atoms with Gasteiger partial charge in [-0.1, -0.05) is 103 Å². The summed E-state index contributed by atoms with van der Waals surface area (Å²) in [6.45, 7) is 16.2. The smallest absolute Gasteiger partial charge is 0.00517 e. The van der Waals surface area contributed by atoms with E-state index in [2.05, 4.69) is 90.9 Å². The Balaban J connectivity index is 2.08. The second kappa shape index (κ2) is 7.30. The van der Waals surface area contributed by atoms with Gasteiger partial charge < -0.3 is 0 Å². The van der Waals surface area contributed by atoms with Gasteiger partial charge in [-0.25, -0.2) is 0 Å². The summed E-state index contributed by atoms with van der Waals surface area (Å²) in [7, 11) is 0. The molecule has 0 aromatic heterocycles. The Morgan fingerprint density at radius 2 is 1.48 bits per heavy atom. The topological polar surface area (TPSA) is 0 Å². The summed E-state index contributed by atoms with van der Waals surface area (Å²) in [5, 5.41) is 0. The van der Waals surface area contributed by atoms with Crippen molar-refractivity contribution >= 4 is 6.08 Å². The summed E-state index contributed by atoms with van der Waals surface area (Å²) in [4.78, 5) is 0. The Kier molecular flexibility index (Phi) is 5.39. The highest BCUT2D eigenvalue weighted by molar-refractivity contribution is 5.78. The molecule has 0 nitrogen and oxygen atoms in total. The summed E-state index contributed by atoms with van der Waals surface area (Å²) >= 11 is 0. The van der Waals surface area contributed by atoms with Gasteiger partial charge in [0.2, 0.25) is 0 Å². The third kappa shape index (κ3) is 4.37. The van der Waals surface area contributed by atoms with Crippen LogP contribution in [-0.2, 0) is 17.3 Å². The third-order valence-corrected chi connectivity index (χ3v) is 5.80. The molecule has 1 aliphatic rings. The molecule has 0 radical (unpaired) electrons. The van der Waals surface area contributed by atoms with Gasteiger partial charge in [-0.15, -0.1) is 0 Å². The second-order valence-corrected chi connectivity index (χ2v) is 10.3. The molecule has 0 fully saturated rings. The van der Waals surface area contributed by atoms with Crippen LogP contribution in [-0.4, -0.2) is 0 Å². The van der Waals surface area contributed by atoms with Gasteiger partial charge in [-0.3, -0.25) is 0 Å². The van der Waals surface area contributed by atoms with Crippen molar-refractivity contribution in [3.05, 3.63) is 64.2 Å². The lowest BCUT2D eigenvalue weighted by Gasteiger charge is -2.26. The molecule has 0 heterocycles. The number of fused-ring (bicyclic) bond motifs is 1. The highest BCUT2D eigenvalue weighted by atomic mass is 14.3. The maximum absolute atomic E-state index is 2.44. The quantitative estimate of drug-likeness (QED) is 0.517. The molecular formula is C27H36. The summed E-state index contributed by atoms with van der Waals surface area (Å²) in [5.41, 5.74) is 10.5. The predicted molar refractivity (Wildman–Crippen MR) is 120 cm³/mol. The zero-order valence-corrected chi connectivity index (χ0v) is 18.4. The molecule has 144 valence electrons. The van der Waals surface area contributed by atoms with Crippen LogP contribution in [0.4, 0.5) is 0 Å². The van der Waals surface area contributed by atoms with E-state index in [1.54, 1.807) is 5.57 Å². The van der Waals surface area contributed by atoms with E-state index in [4.69, 9.17) is 0 Å². The molecule has 0 spiro atoms. The summed E-state index contributed by atoms with van der Waals surface area (Å²) < 4.78 is 0. The minimum absolute atomic E-state index is 0.151. The SMILES string of the molecule is CCCCC1=Cc2cccc(-c3cc(C(C)(C)C)cc(C(C)(C)C)c3)c2C1. The summed E-state index contributed by atoms with van der Waals surface area (Å²) in [6, 6.07) is 14.1. The molecule has 2 aromatic rings. The van der Waals surface area contributed by atoms with Crippen molar-refractivity contribution in [2.45, 2.75) is 85.0 Å². The van der Waals surface area contributed by atoms with Crippen LogP contribution in [0.5, 0.6) is 0 Å². The fourth-order valence-corrected chi connectivity index (χ4v) is 3.92. The van der Waals surface area contributed by atoms with Crippen LogP contribution in [0.2, 0.25) is 0 Å². The molecule has 1 aliphatic carbocycles. The summed E-state index contributed by atoms with van der Waals surface area (Å²) in [6.07, 6.45) is 7.36. The first-order valence-electron chi connectivity index (χ1n) is 10.6. The first-order chi connectivity index (χ1) is 12.6. The Bertz CT molecular complexity index is 818. The molecule has 0 atom stereocenters. The van der Waals surface area contributed by atoms with Crippen LogP contribution in [0.25, 0.3) is 17.2 Å². The maximum atomic E-state index is 2.44. The van der Waals surface area contributed by atoms with E-state index in [1.807, 2.05) is 0 Å². The molecule has 0 amide bonds.